The quantitative estimate of drug-likeness (QED) is 0.752. The molecule has 17 heavy (non-hydrogen) atoms. The normalized spacial score (nSPS) is 10.2. The van der Waals surface area contributed by atoms with Crippen molar-refractivity contribution >= 4 is 11.7 Å². The summed E-state index contributed by atoms with van der Waals surface area (Å²) in [4.78, 5) is 10.8. The summed E-state index contributed by atoms with van der Waals surface area (Å²) in [6.07, 6.45) is 1.69. The van der Waals surface area contributed by atoms with Crippen LogP contribution in [-0.4, -0.2) is 21.3 Å². The molecule has 2 rings (SSSR count). The van der Waals surface area contributed by atoms with Gasteiger partial charge < -0.3 is 10.4 Å². The largest absolute Gasteiger partial charge is 0.478 e. The first-order valence-corrected chi connectivity index (χ1v) is 5.23. The summed E-state index contributed by atoms with van der Waals surface area (Å²) in [5.41, 5.74) is 3.11. The monoisotopic (exact) mass is 231 g/mol. The molecule has 0 amide bonds. The summed E-state index contributed by atoms with van der Waals surface area (Å²) in [5, 5.41) is 18.8. The molecule has 1 heterocycles. The number of nitrogens with one attached hydrogen (secondary N) is 2. The maximum atomic E-state index is 10.8. The molecule has 0 saturated carbocycles. The van der Waals surface area contributed by atoms with E-state index in [1.54, 1.807) is 24.4 Å². The van der Waals surface area contributed by atoms with Crippen molar-refractivity contribution < 1.29 is 9.90 Å². The summed E-state index contributed by atoms with van der Waals surface area (Å²) in [7, 11) is 0. The first-order chi connectivity index (χ1) is 8.16. The number of anilines is 1. The molecule has 2 aromatic rings. The molecule has 0 saturated heterocycles. The number of benzene rings is 1. The molecule has 5 nitrogen and oxygen atoms in total. The van der Waals surface area contributed by atoms with Crippen LogP contribution in [0.2, 0.25) is 0 Å². The van der Waals surface area contributed by atoms with Gasteiger partial charge in [0.1, 0.15) is 0 Å². The smallest absolute Gasteiger partial charge is 0.335 e. The Labute approximate surface area is 98.5 Å². The van der Waals surface area contributed by atoms with Gasteiger partial charge in [0.15, 0.2) is 0 Å². The lowest BCUT2D eigenvalue weighted by atomic mass is 10.1. The van der Waals surface area contributed by atoms with E-state index in [0.29, 0.717) is 12.1 Å². The van der Waals surface area contributed by atoms with Gasteiger partial charge in [0.25, 0.3) is 0 Å². The molecular formula is C12H13N3O2. The summed E-state index contributed by atoms with van der Waals surface area (Å²) in [6, 6.07) is 6.89. The van der Waals surface area contributed by atoms with Crippen LogP contribution in [0.4, 0.5) is 5.69 Å². The predicted molar refractivity (Wildman–Crippen MR) is 64.1 cm³/mol. The van der Waals surface area contributed by atoms with Crippen molar-refractivity contribution in [1.29, 1.82) is 0 Å². The third-order valence-corrected chi connectivity index (χ3v) is 2.50. The Hall–Kier alpha value is -2.30. The number of nitrogens with zero attached hydrogens (tertiary/aromatic N) is 1. The number of rotatable bonds is 4. The minimum absolute atomic E-state index is 0.301. The third kappa shape index (κ3) is 2.63. The number of H-pyrrole nitrogens is 1. The molecule has 0 spiro atoms. The van der Waals surface area contributed by atoms with Crippen molar-refractivity contribution in [2.24, 2.45) is 0 Å². The van der Waals surface area contributed by atoms with Gasteiger partial charge >= 0.3 is 5.97 Å². The summed E-state index contributed by atoms with van der Waals surface area (Å²) >= 11 is 0. The Balaban J connectivity index is 2.09. The predicted octanol–water partition coefficient (Wildman–Crippen LogP) is 2.03. The van der Waals surface area contributed by atoms with E-state index < -0.39 is 5.97 Å². The van der Waals surface area contributed by atoms with Crippen LogP contribution in [0, 0.1) is 6.92 Å². The molecule has 0 unspecified atom stereocenters. The topological polar surface area (TPSA) is 78.0 Å². The van der Waals surface area contributed by atoms with E-state index in [9.17, 15) is 4.79 Å². The van der Waals surface area contributed by atoms with Crippen LogP contribution in [-0.2, 0) is 6.54 Å². The maximum absolute atomic E-state index is 10.8. The van der Waals surface area contributed by atoms with Gasteiger partial charge in [-0.15, -0.1) is 0 Å². The van der Waals surface area contributed by atoms with Crippen molar-refractivity contribution in [2.75, 3.05) is 5.32 Å². The Morgan fingerprint density at radius 2 is 2.29 bits per heavy atom. The molecule has 0 radical (unpaired) electrons. The molecule has 1 aromatic heterocycles. The molecule has 5 heteroatoms. The number of hydrogen-bond donors (Lipinski definition) is 3. The van der Waals surface area contributed by atoms with Gasteiger partial charge in [-0.1, -0.05) is 0 Å². The number of aryl methyl sites for hydroxylation is 1. The number of carboxylic acids is 1. The Morgan fingerprint density at radius 1 is 1.47 bits per heavy atom. The molecular weight excluding hydrogens is 218 g/mol. The Bertz CT molecular complexity index is 521. The molecule has 1 aromatic carbocycles. The molecule has 0 aliphatic heterocycles. The highest BCUT2D eigenvalue weighted by Crippen LogP contribution is 2.17. The third-order valence-electron chi connectivity index (χ3n) is 2.50. The lowest BCUT2D eigenvalue weighted by molar-refractivity contribution is 0.0697. The van der Waals surface area contributed by atoms with E-state index in [2.05, 4.69) is 15.5 Å². The second-order valence-corrected chi connectivity index (χ2v) is 3.77. The molecule has 0 aliphatic carbocycles. The summed E-state index contributed by atoms with van der Waals surface area (Å²) < 4.78 is 0. The van der Waals surface area contributed by atoms with E-state index in [4.69, 9.17) is 5.11 Å². The van der Waals surface area contributed by atoms with Gasteiger partial charge in [-0.25, -0.2) is 4.79 Å². The zero-order valence-corrected chi connectivity index (χ0v) is 9.40. The average Bonchev–Trinajstić information content (AvgIpc) is 2.80. The van der Waals surface area contributed by atoms with E-state index >= 15 is 0 Å². The molecule has 0 fully saturated rings. The zero-order chi connectivity index (χ0) is 12.3. The minimum Gasteiger partial charge on any atom is -0.478 e. The fourth-order valence-corrected chi connectivity index (χ4v) is 1.57. The van der Waals surface area contributed by atoms with Crippen molar-refractivity contribution in [2.45, 2.75) is 13.5 Å². The van der Waals surface area contributed by atoms with Gasteiger partial charge in [0.2, 0.25) is 0 Å². The van der Waals surface area contributed by atoms with Gasteiger partial charge in [0, 0.05) is 11.9 Å². The van der Waals surface area contributed by atoms with E-state index in [0.717, 1.165) is 16.9 Å². The van der Waals surface area contributed by atoms with Crippen LogP contribution in [0.3, 0.4) is 0 Å². The van der Waals surface area contributed by atoms with Gasteiger partial charge in [-0.3, -0.25) is 5.10 Å². The highest BCUT2D eigenvalue weighted by molar-refractivity contribution is 5.88. The lowest BCUT2D eigenvalue weighted by Gasteiger charge is -2.09. The van der Waals surface area contributed by atoms with Crippen LogP contribution < -0.4 is 5.32 Å². The fourth-order valence-electron chi connectivity index (χ4n) is 1.57. The van der Waals surface area contributed by atoms with Crippen molar-refractivity contribution in [1.82, 2.24) is 10.2 Å². The minimum atomic E-state index is -0.909. The highest BCUT2D eigenvalue weighted by Gasteiger charge is 2.05. The van der Waals surface area contributed by atoms with Gasteiger partial charge in [-0.05, 0) is 36.8 Å². The summed E-state index contributed by atoms with van der Waals surface area (Å²) in [5.74, 6) is -0.909. The number of carboxylic acid groups (broad SMARTS) is 1. The van der Waals surface area contributed by atoms with Crippen molar-refractivity contribution in [3.63, 3.8) is 0 Å². The fraction of sp³-hybridized carbons (Fsp3) is 0.167. The number of aromatic carboxylic acids is 1. The second kappa shape index (κ2) is 4.69. The van der Waals surface area contributed by atoms with Crippen molar-refractivity contribution in [3.8, 4) is 0 Å². The standard InChI is InChI=1S/C12H13N3O2/c1-8-6-9(12(16)17)2-3-11(8)13-7-10-4-5-14-15-10/h2-6,13H,7H2,1H3,(H,14,15)(H,16,17). The van der Waals surface area contributed by atoms with Gasteiger partial charge in [0.05, 0.1) is 17.8 Å². The maximum Gasteiger partial charge on any atom is 0.335 e. The van der Waals surface area contributed by atoms with E-state index in [1.165, 1.54) is 0 Å². The number of hydrogen-bond acceptors (Lipinski definition) is 3. The molecule has 3 N–H and O–H groups in total. The SMILES string of the molecule is Cc1cc(C(=O)O)ccc1NCc1ccn[nH]1. The van der Waals surface area contributed by atoms with Gasteiger partial charge in [-0.2, -0.15) is 5.10 Å². The first-order valence-electron chi connectivity index (χ1n) is 5.23. The van der Waals surface area contributed by atoms with Crippen LogP contribution in [0.1, 0.15) is 21.6 Å². The van der Waals surface area contributed by atoms with Crippen LogP contribution in [0.25, 0.3) is 0 Å². The van der Waals surface area contributed by atoms with Crippen LogP contribution >= 0.6 is 0 Å². The molecule has 88 valence electrons. The van der Waals surface area contributed by atoms with Crippen molar-refractivity contribution in [3.05, 3.63) is 47.3 Å². The Kier molecular flexibility index (Phi) is 3.09. The molecule has 0 aliphatic rings. The second-order valence-electron chi connectivity index (χ2n) is 3.77. The van der Waals surface area contributed by atoms with Crippen LogP contribution in [0.15, 0.2) is 30.5 Å². The average molecular weight is 231 g/mol. The number of carbonyl (C=O) groups is 1. The van der Waals surface area contributed by atoms with Crippen LogP contribution in [0.5, 0.6) is 0 Å². The Morgan fingerprint density at radius 3 is 2.88 bits per heavy atom. The lowest BCUT2D eigenvalue weighted by Crippen LogP contribution is -2.03. The first kappa shape index (κ1) is 11.2. The molecule has 0 bridgehead atoms. The summed E-state index contributed by atoms with van der Waals surface area (Å²) in [6.45, 7) is 2.51. The van der Waals surface area contributed by atoms with E-state index in [1.807, 2.05) is 13.0 Å². The number of aromatic amines is 1. The van der Waals surface area contributed by atoms with E-state index in [-0.39, 0.29) is 0 Å². The molecule has 0 atom stereocenters. The highest BCUT2D eigenvalue weighted by atomic mass is 16.4. The zero-order valence-electron chi connectivity index (χ0n) is 9.40. The number of aromatic nitrogens is 2.